The first-order valence-corrected chi connectivity index (χ1v) is 11.2. The topological polar surface area (TPSA) is 189 Å². The van der Waals surface area contributed by atoms with E-state index in [4.69, 9.17) is 36.7 Å². The third kappa shape index (κ3) is 5.60. The van der Waals surface area contributed by atoms with Crippen molar-refractivity contribution in [2.75, 3.05) is 18.9 Å². The number of nitrogens with zero attached hydrogens (tertiary/aromatic N) is 4. The van der Waals surface area contributed by atoms with E-state index >= 15 is 0 Å². The van der Waals surface area contributed by atoms with E-state index in [0.29, 0.717) is 5.56 Å². The largest absolute Gasteiger partial charge is 0.482 e. The Kier molecular flexibility index (Phi) is 7.52. The summed E-state index contributed by atoms with van der Waals surface area (Å²) >= 11 is 5.86. The number of fused-ring (bicyclic) bond motifs is 1. The van der Waals surface area contributed by atoms with Gasteiger partial charge in [-0.15, -0.1) is 0 Å². The maximum Gasteiger partial charge on any atom is 0.343 e. The third-order valence-electron chi connectivity index (χ3n) is 5.66. The highest BCUT2D eigenvalue weighted by molar-refractivity contribution is 6.28. The molecular formula is C22H21ClFN5O8. The zero-order valence-electron chi connectivity index (χ0n) is 19.0. The van der Waals surface area contributed by atoms with Gasteiger partial charge >= 0.3 is 11.9 Å². The highest BCUT2D eigenvalue weighted by atomic mass is 35.5. The number of carbonyl (C=O) groups excluding carboxylic acids is 1. The summed E-state index contributed by atoms with van der Waals surface area (Å²) in [7, 11) is 0. The van der Waals surface area contributed by atoms with E-state index < -0.39 is 49.3 Å². The monoisotopic (exact) mass is 537 g/mol. The summed E-state index contributed by atoms with van der Waals surface area (Å²) in [4.78, 5) is 46.4. The number of imidazole rings is 1. The number of ether oxygens (including phenoxy) is 3. The van der Waals surface area contributed by atoms with Gasteiger partial charge in [-0.05, 0) is 29.3 Å². The lowest BCUT2D eigenvalue weighted by atomic mass is 9.95. The molecule has 196 valence electrons. The minimum Gasteiger partial charge on any atom is -0.482 e. The molecule has 2 aromatic heterocycles. The van der Waals surface area contributed by atoms with Crippen LogP contribution in [0, 0.1) is 0 Å². The molecular weight excluding hydrogens is 517 g/mol. The Bertz CT molecular complexity index is 1320. The van der Waals surface area contributed by atoms with E-state index in [1.165, 1.54) is 35.2 Å². The summed E-state index contributed by atoms with van der Waals surface area (Å²) in [5, 5.41) is 18.3. The number of alkyl halides is 1. The molecule has 1 saturated heterocycles. The third-order valence-corrected chi connectivity index (χ3v) is 5.83. The van der Waals surface area contributed by atoms with Crippen molar-refractivity contribution in [2.24, 2.45) is 0 Å². The van der Waals surface area contributed by atoms with E-state index in [-0.39, 0.29) is 47.1 Å². The SMILES string of the molecule is Nc1nc(Cl)nc2c1ncn2C1OC(COC(C=O)(Cc2ccc(OCC(=O)O)cc2)C(=O)O)CC1F. The van der Waals surface area contributed by atoms with Crippen molar-refractivity contribution in [3.8, 4) is 5.75 Å². The van der Waals surface area contributed by atoms with Crippen molar-refractivity contribution >= 4 is 46.8 Å². The predicted molar refractivity (Wildman–Crippen MR) is 124 cm³/mol. The first-order valence-electron chi connectivity index (χ1n) is 10.8. The van der Waals surface area contributed by atoms with Crippen LogP contribution in [0.1, 0.15) is 18.2 Å². The molecule has 3 heterocycles. The van der Waals surface area contributed by atoms with Gasteiger partial charge < -0.3 is 30.2 Å². The molecule has 0 aliphatic carbocycles. The van der Waals surface area contributed by atoms with Crippen molar-refractivity contribution in [1.29, 1.82) is 0 Å². The summed E-state index contributed by atoms with van der Waals surface area (Å²) in [5.41, 5.74) is 4.30. The second-order valence-corrected chi connectivity index (χ2v) is 8.57. The summed E-state index contributed by atoms with van der Waals surface area (Å²) in [6, 6.07) is 5.83. The van der Waals surface area contributed by atoms with Gasteiger partial charge in [-0.25, -0.2) is 19.0 Å². The number of rotatable bonds is 11. The molecule has 0 amide bonds. The Hall–Kier alpha value is -3.88. The van der Waals surface area contributed by atoms with Crippen LogP contribution in [0.25, 0.3) is 11.2 Å². The molecule has 4 unspecified atom stereocenters. The Morgan fingerprint density at radius 1 is 1.30 bits per heavy atom. The second kappa shape index (κ2) is 10.6. The van der Waals surface area contributed by atoms with Crippen LogP contribution in [0.4, 0.5) is 10.2 Å². The summed E-state index contributed by atoms with van der Waals surface area (Å²) in [6.45, 7) is -0.942. The summed E-state index contributed by atoms with van der Waals surface area (Å²) in [5.74, 6) is -2.43. The molecule has 4 N–H and O–H groups in total. The van der Waals surface area contributed by atoms with Gasteiger partial charge in [-0.1, -0.05) is 12.1 Å². The zero-order valence-corrected chi connectivity index (χ0v) is 19.7. The maximum atomic E-state index is 14.9. The van der Waals surface area contributed by atoms with Crippen LogP contribution in [-0.2, 0) is 30.3 Å². The maximum absolute atomic E-state index is 14.9. The highest BCUT2D eigenvalue weighted by Gasteiger charge is 2.43. The van der Waals surface area contributed by atoms with E-state index in [1.807, 2.05) is 0 Å². The van der Waals surface area contributed by atoms with Gasteiger partial charge in [0.15, 0.2) is 30.6 Å². The van der Waals surface area contributed by atoms with E-state index in [2.05, 4.69) is 15.0 Å². The molecule has 13 nitrogen and oxygen atoms in total. The number of aromatic nitrogens is 4. The van der Waals surface area contributed by atoms with E-state index in [1.54, 1.807) is 0 Å². The van der Waals surface area contributed by atoms with Crippen LogP contribution in [0.15, 0.2) is 30.6 Å². The highest BCUT2D eigenvalue weighted by Crippen LogP contribution is 2.35. The molecule has 0 bridgehead atoms. The second-order valence-electron chi connectivity index (χ2n) is 8.23. The first kappa shape index (κ1) is 26.2. The first-order chi connectivity index (χ1) is 17.6. The molecule has 1 aromatic carbocycles. The van der Waals surface area contributed by atoms with Crippen molar-refractivity contribution in [3.05, 3.63) is 41.4 Å². The fraction of sp³-hybridized carbons (Fsp3) is 0.364. The lowest BCUT2D eigenvalue weighted by molar-refractivity contribution is -0.172. The Labute approximate surface area is 212 Å². The molecule has 0 radical (unpaired) electrons. The van der Waals surface area contributed by atoms with Crippen molar-refractivity contribution in [3.63, 3.8) is 0 Å². The average Bonchev–Trinajstić information content (AvgIpc) is 3.44. The number of halogens is 2. The number of carbonyl (C=O) groups is 3. The quantitative estimate of drug-likeness (QED) is 0.181. The van der Waals surface area contributed by atoms with Gasteiger partial charge in [-0.2, -0.15) is 9.97 Å². The molecule has 1 aliphatic rings. The fourth-order valence-electron chi connectivity index (χ4n) is 3.86. The number of hydrogen-bond acceptors (Lipinski definition) is 10. The number of carboxylic acid groups (broad SMARTS) is 2. The summed E-state index contributed by atoms with van der Waals surface area (Å²) in [6.07, 6.45) is -2.65. The fourth-order valence-corrected chi connectivity index (χ4v) is 4.03. The smallest absolute Gasteiger partial charge is 0.343 e. The van der Waals surface area contributed by atoms with Crippen LogP contribution in [0.2, 0.25) is 5.28 Å². The molecule has 4 rings (SSSR count). The number of hydrogen-bond donors (Lipinski definition) is 3. The zero-order chi connectivity index (χ0) is 26.7. The van der Waals surface area contributed by atoms with Crippen LogP contribution in [0.5, 0.6) is 5.75 Å². The van der Waals surface area contributed by atoms with Gasteiger partial charge in [0.25, 0.3) is 0 Å². The molecule has 0 saturated carbocycles. The van der Waals surface area contributed by atoms with Crippen LogP contribution < -0.4 is 10.5 Å². The minimum atomic E-state index is -2.27. The Morgan fingerprint density at radius 3 is 2.68 bits per heavy atom. The van der Waals surface area contributed by atoms with Gasteiger partial charge in [0.2, 0.25) is 10.9 Å². The van der Waals surface area contributed by atoms with Crippen molar-refractivity contribution < 1.29 is 43.2 Å². The van der Waals surface area contributed by atoms with Crippen LogP contribution in [0.3, 0.4) is 0 Å². The normalized spacial score (nSPS) is 21.0. The molecule has 1 fully saturated rings. The molecule has 0 spiro atoms. The lowest BCUT2D eigenvalue weighted by Crippen LogP contribution is -2.47. The number of anilines is 1. The molecule has 15 heteroatoms. The van der Waals surface area contributed by atoms with Crippen molar-refractivity contribution in [2.45, 2.75) is 36.9 Å². The van der Waals surface area contributed by atoms with E-state index in [9.17, 15) is 23.9 Å². The van der Waals surface area contributed by atoms with Gasteiger partial charge in [0.05, 0.1) is 19.0 Å². The number of aliphatic carboxylic acids is 2. The number of nitrogens with two attached hydrogens (primary N) is 1. The van der Waals surface area contributed by atoms with Crippen molar-refractivity contribution in [1.82, 2.24) is 19.5 Å². The Balaban J connectivity index is 1.45. The molecule has 4 atom stereocenters. The Morgan fingerprint density at radius 2 is 2.03 bits per heavy atom. The lowest BCUT2D eigenvalue weighted by Gasteiger charge is -2.25. The number of aldehydes is 1. The molecule has 1 aliphatic heterocycles. The van der Waals surface area contributed by atoms with Gasteiger partial charge in [0.1, 0.15) is 17.4 Å². The summed E-state index contributed by atoms with van der Waals surface area (Å²) < 4.78 is 32.5. The van der Waals surface area contributed by atoms with Gasteiger partial charge in [0, 0.05) is 12.8 Å². The standard InChI is InChI=1S/C22H21ClFN5O8/c23-21-27-17(25)16-18(28-21)29(10-26-16)19-14(24)5-13(37-19)7-36-22(9-30,20(33)34)6-11-1-3-12(4-2-11)35-8-15(31)32/h1-4,9-10,13-14,19H,5-8H2,(H,31,32)(H,33,34)(H2,25,27,28). The number of nitrogen functional groups attached to an aromatic ring is 1. The molecule has 3 aromatic rings. The van der Waals surface area contributed by atoms with Crippen LogP contribution >= 0.6 is 11.6 Å². The van der Waals surface area contributed by atoms with E-state index in [0.717, 1.165) is 0 Å². The number of benzene rings is 1. The predicted octanol–water partition coefficient (Wildman–Crippen LogP) is 1.43. The van der Waals surface area contributed by atoms with Gasteiger partial charge in [-0.3, -0.25) is 9.36 Å². The average molecular weight is 538 g/mol. The van der Waals surface area contributed by atoms with Crippen LogP contribution in [-0.4, -0.2) is 79.0 Å². The minimum absolute atomic E-state index is 0.0146. The molecule has 37 heavy (non-hydrogen) atoms. The number of carboxylic acids is 2.